The molecule has 1 aliphatic heterocycles. The zero-order valence-corrected chi connectivity index (χ0v) is 17.0. The van der Waals surface area contributed by atoms with Gasteiger partial charge in [0.05, 0.1) is 17.9 Å². The molecule has 0 unspecified atom stereocenters. The number of carbonyl (C=O) groups is 1. The van der Waals surface area contributed by atoms with E-state index in [4.69, 9.17) is 9.84 Å². The highest BCUT2D eigenvalue weighted by atomic mass is 79.9. The van der Waals surface area contributed by atoms with Gasteiger partial charge in [-0.1, -0.05) is 12.1 Å². The molecule has 5 nitrogen and oxygen atoms in total. The summed E-state index contributed by atoms with van der Waals surface area (Å²) in [5, 5.41) is 4.78. The summed E-state index contributed by atoms with van der Waals surface area (Å²) in [7, 11) is 0. The first-order chi connectivity index (χ1) is 11.7. The van der Waals surface area contributed by atoms with Crippen LogP contribution < -0.4 is 0 Å². The van der Waals surface area contributed by atoms with Crippen molar-refractivity contribution in [3.05, 3.63) is 45.2 Å². The lowest BCUT2D eigenvalue weighted by atomic mass is 10.1. The lowest BCUT2D eigenvalue weighted by molar-refractivity contribution is 0.0223. The normalized spacial score (nSPS) is 14.4. The second-order valence-electron chi connectivity index (χ2n) is 7.57. The fourth-order valence-electron chi connectivity index (χ4n) is 2.93. The van der Waals surface area contributed by atoms with Crippen LogP contribution in [0.1, 0.15) is 43.2 Å². The second kappa shape index (κ2) is 6.48. The van der Waals surface area contributed by atoms with E-state index in [0.717, 1.165) is 33.5 Å². The topological polar surface area (TPSA) is 47.4 Å². The van der Waals surface area contributed by atoms with E-state index in [1.807, 2.05) is 25.5 Å². The van der Waals surface area contributed by atoms with Crippen molar-refractivity contribution in [1.82, 2.24) is 14.7 Å². The first kappa shape index (κ1) is 18.0. The maximum absolute atomic E-state index is 12.4. The Morgan fingerprint density at radius 3 is 2.68 bits per heavy atom. The summed E-state index contributed by atoms with van der Waals surface area (Å²) in [6, 6.07) is 6.33. The number of rotatable bonds is 1. The van der Waals surface area contributed by atoms with Gasteiger partial charge in [0, 0.05) is 18.5 Å². The third-order valence-electron chi connectivity index (χ3n) is 4.22. The number of halogens is 1. The number of hydrogen-bond donors (Lipinski definition) is 0. The zero-order chi connectivity index (χ0) is 18.4. The minimum Gasteiger partial charge on any atom is -0.444 e. The molecular weight excluding hydrogens is 382 g/mol. The molecule has 1 aromatic carbocycles. The van der Waals surface area contributed by atoms with E-state index >= 15 is 0 Å². The molecule has 0 atom stereocenters. The standard InChI is InChI=1S/C19H24BrN3O2/c1-12-6-7-13(2)16(10-12)23-17(20)14-11-22(9-8-15(14)21-23)18(24)25-19(3,4)5/h6-7,10H,8-9,11H2,1-5H3. The third-order valence-corrected chi connectivity index (χ3v) is 5.03. The van der Waals surface area contributed by atoms with E-state index in [1.165, 1.54) is 5.56 Å². The van der Waals surface area contributed by atoms with E-state index in [-0.39, 0.29) is 6.09 Å². The maximum atomic E-state index is 12.4. The number of amides is 1. The minimum atomic E-state index is -0.489. The van der Waals surface area contributed by atoms with Crippen molar-refractivity contribution in [3.63, 3.8) is 0 Å². The molecule has 0 aliphatic carbocycles. The number of ether oxygens (including phenoxy) is 1. The number of nitrogens with zero attached hydrogens (tertiary/aromatic N) is 3. The molecule has 2 aromatic rings. The average molecular weight is 406 g/mol. The van der Waals surface area contributed by atoms with Crippen molar-refractivity contribution in [2.45, 2.75) is 53.2 Å². The van der Waals surface area contributed by atoms with Gasteiger partial charge in [0.2, 0.25) is 0 Å². The quantitative estimate of drug-likeness (QED) is 0.699. The summed E-state index contributed by atoms with van der Waals surface area (Å²) >= 11 is 3.69. The van der Waals surface area contributed by atoms with Gasteiger partial charge in [0.25, 0.3) is 0 Å². The fraction of sp³-hybridized carbons (Fsp3) is 0.474. The average Bonchev–Trinajstić information content (AvgIpc) is 2.84. The number of hydrogen-bond acceptors (Lipinski definition) is 3. The number of carbonyl (C=O) groups excluding carboxylic acids is 1. The molecule has 3 rings (SSSR count). The van der Waals surface area contributed by atoms with Gasteiger partial charge in [-0.3, -0.25) is 0 Å². The van der Waals surface area contributed by atoms with Crippen molar-refractivity contribution >= 4 is 22.0 Å². The van der Waals surface area contributed by atoms with Crippen LogP contribution in [-0.4, -0.2) is 32.9 Å². The number of fused-ring (bicyclic) bond motifs is 1. The molecular formula is C19H24BrN3O2. The number of benzene rings is 1. The van der Waals surface area contributed by atoms with Crippen LogP contribution in [-0.2, 0) is 17.7 Å². The van der Waals surface area contributed by atoms with Crippen LogP contribution >= 0.6 is 15.9 Å². The zero-order valence-electron chi connectivity index (χ0n) is 15.4. The summed E-state index contributed by atoms with van der Waals surface area (Å²) in [6.45, 7) is 10.9. The van der Waals surface area contributed by atoms with Gasteiger partial charge in [0.15, 0.2) is 0 Å². The molecule has 1 amide bonds. The summed E-state index contributed by atoms with van der Waals surface area (Å²) in [4.78, 5) is 14.1. The van der Waals surface area contributed by atoms with E-state index in [2.05, 4.69) is 48.0 Å². The molecule has 0 bridgehead atoms. The van der Waals surface area contributed by atoms with Gasteiger partial charge < -0.3 is 9.64 Å². The van der Waals surface area contributed by atoms with Crippen LogP contribution in [0.15, 0.2) is 22.8 Å². The van der Waals surface area contributed by atoms with Crippen molar-refractivity contribution in [1.29, 1.82) is 0 Å². The van der Waals surface area contributed by atoms with Gasteiger partial charge in [-0.2, -0.15) is 5.10 Å². The predicted molar refractivity (Wildman–Crippen MR) is 101 cm³/mol. The van der Waals surface area contributed by atoms with Crippen LogP contribution in [0.5, 0.6) is 0 Å². The highest BCUT2D eigenvalue weighted by Crippen LogP contribution is 2.30. The minimum absolute atomic E-state index is 0.274. The Morgan fingerprint density at radius 2 is 2.00 bits per heavy atom. The molecule has 6 heteroatoms. The Morgan fingerprint density at radius 1 is 1.28 bits per heavy atom. The Hall–Kier alpha value is -1.82. The van der Waals surface area contributed by atoms with E-state index in [1.54, 1.807) is 4.90 Å². The van der Waals surface area contributed by atoms with E-state index < -0.39 is 5.60 Å². The Kier molecular flexibility index (Phi) is 4.66. The van der Waals surface area contributed by atoms with Crippen molar-refractivity contribution in [2.75, 3.05) is 6.54 Å². The smallest absolute Gasteiger partial charge is 0.410 e. The predicted octanol–water partition coefficient (Wildman–Crippen LogP) is 4.54. The SMILES string of the molecule is Cc1ccc(C)c(-n2nc3c(c2Br)CN(C(=O)OC(C)(C)C)CC3)c1. The summed E-state index contributed by atoms with van der Waals surface area (Å²) in [6.07, 6.45) is 0.454. The second-order valence-corrected chi connectivity index (χ2v) is 8.32. The van der Waals surface area contributed by atoms with Crippen LogP contribution in [0.2, 0.25) is 0 Å². The molecule has 134 valence electrons. The molecule has 0 N–H and O–H groups in total. The van der Waals surface area contributed by atoms with Gasteiger partial charge >= 0.3 is 6.09 Å². The summed E-state index contributed by atoms with van der Waals surface area (Å²) < 4.78 is 8.35. The van der Waals surface area contributed by atoms with Crippen LogP contribution in [0.25, 0.3) is 5.69 Å². The molecule has 0 radical (unpaired) electrons. The largest absolute Gasteiger partial charge is 0.444 e. The Bertz CT molecular complexity index is 821. The molecule has 1 aromatic heterocycles. The molecule has 0 fully saturated rings. The van der Waals surface area contributed by atoms with Gasteiger partial charge in [0.1, 0.15) is 10.2 Å². The maximum Gasteiger partial charge on any atom is 0.410 e. The highest BCUT2D eigenvalue weighted by molar-refractivity contribution is 9.10. The first-order valence-corrected chi connectivity index (χ1v) is 9.27. The molecule has 0 spiro atoms. The summed E-state index contributed by atoms with van der Waals surface area (Å²) in [5.74, 6) is 0. The van der Waals surface area contributed by atoms with Crippen LogP contribution in [0.3, 0.4) is 0 Å². The van der Waals surface area contributed by atoms with Gasteiger partial charge in [-0.05, 0) is 67.7 Å². The van der Waals surface area contributed by atoms with Crippen molar-refractivity contribution in [2.24, 2.45) is 0 Å². The van der Waals surface area contributed by atoms with Crippen molar-refractivity contribution in [3.8, 4) is 5.69 Å². The molecule has 25 heavy (non-hydrogen) atoms. The third kappa shape index (κ3) is 3.73. The lowest BCUT2D eigenvalue weighted by Crippen LogP contribution is -2.39. The number of aryl methyl sites for hydroxylation is 2. The number of aromatic nitrogens is 2. The summed E-state index contributed by atoms with van der Waals surface area (Å²) in [5.41, 5.74) is 5.01. The highest BCUT2D eigenvalue weighted by Gasteiger charge is 2.29. The molecule has 2 heterocycles. The van der Waals surface area contributed by atoms with Gasteiger partial charge in [-0.25, -0.2) is 9.48 Å². The van der Waals surface area contributed by atoms with Gasteiger partial charge in [-0.15, -0.1) is 0 Å². The van der Waals surface area contributed by atoms with Crippen LogP contribution in [0.4, 0.5) is 4.79 Å². The fourth-order valence-corrected chi connectivity index (χ4v) is 3.55. The molecule has 0 saturated heterocycles. The Labute approximate surface area is 157 Å². The van der Waals surface area contributed by atoms with Crippen molar-refractivity contribution < 1.29 is 9.53 Å². The molecule has 0 saturated carbocycles. The molecule has 1 aliphatic rings. The first-order valence-electron chi connectivity index (χ1n) is 8.47. The van der Waals surface area contributed by atoms with E-state index in [9.17, 15) is 4.79 Å². The van der Waals surface area contributed by atoms with E-state index in [0.29, 0.717) is 13.1 Å². The van der Waals surface area contributed by atoms with Crippen LogP contribution in [0, 0.1) is 13.8 Å². The lowest BCUT2D eigenvalue weighted by Gasteiger charge is -2.29. The monoisotopic (exact) mass is 405 g/mol. The Balaban J connectivity index is 1.91.